The van der Waals surface area contributed by atoms with E-state index in [-0.39, 0.29) is 6.61 Å². The molecule has 0 aliphatic carbocycles. The van der Waals surface area contributed by atoms with E-state index in [0.29, 0.717) is 19.6 Å². The smallest absolute Gasteiger partial charge is 0.208 e. The van der Waals surface area contributed by atoms with Gasteiger partial charge in [-0.25, -0.2) is 13.1 Å². The van der Waals surface area contributed by atoms with Crippen molar-refractivity contribution in [1.29, 1.82) is 0 Å². The zero-order valence-electron chi connectivity index (χ0n) is 12.5. The van der Waals surface area contributed by atoms with Crippen LogP contribution in [0, 0.1) is 0 Å². The maximum atomic E-state index is 10.8. The number of aliphatic hydroxyl groups excluding tert-OH is 1. The van der Waals surface area contributed by atoms with Gasteiger partial charge in [0.1, 0.15) is 18.5 Å². The number of sulfonamides is 1. The van der Waals surface area contributed by atoms with Crippen LogP contribution in [0.1, 0.15) is 12.5 Å². The highest BCUT2D eigenvalue weighted by Gasteiger charge is 2.05. The van der Waals surface area contributed by atoms with Crippen LogP contribution in [0.2, 0.25) is 0 Å². The van der Waals surface area contributed by atoms with E-state index in [9.17, 15) is 13.5 Å². The highest BCUT2D eigenvalue weighted by Crippen LogP contribution is 2.13. The second-order valence-corrected chi connectivity index (χ2v) is 6.67. The van der Waals surface area contributed by atoms with Crippen molar-refractivity contribution in [3.63, 3.8) is 0 Å². The maximum Gasteiger partial charge on any atom is 0.208 e. The highest BCUT2D eigenvalue weighted by molar-refractivity contribution is 7.88. The fourth-order valence-electron chi connectivity index (χ4n) is 1.70. The molecule has 0 aromatic heterocycles. The number of hydrogen-bond acceptors (Lipinski definition) is 5. The van der Waals surface area contributed by atoms with Crippen LogP contribution in [0.3, 0.4) is 0 Å². The summed E-state index contributed by atoms with van der Waals surface area (Å²) in [4.78, 5) is 0. The average molecular weight is 316 g/mol. The predicted octanol–water partition coefficient (Wildman–Crippen LogP) is 0.128. The van der Waals surface area contributed by atoms with E-state index >= 15 is 0 Å². The van der Waals surface area contributed by atoms with E-state index in [1.54, 1.807) is 0 Å². The van der Waals surface area contributed by atoms with E-state index in [0.717, 1.165) is 18.4 Å². The first-order valence-electron chi connectivity index (χ1n) is 6.96. The number of hydrogen-bond donors (Lipinski definition) is 3. The molecule has 0 saturated heterocycles. The Morgan fingerprint density at radius 1 is 1.33 bits per heavy atom. The van der Waals surface area contributed by atoms with Crippen molar-refractivity contribution in [1.82, 2.24) is 10.0 Å². The Bertz CT molecular complexity index is 519. The van der Waals surface area contributed by atoms with Crippen molar-refractivity contribution < 1.29 is 18.3 Å². The summed E-state index contributed by atoms with van der Waals surface area (Å²) in [5.41, 5.74) is 1.19. The van der Waals surface area contributed by atoms with Crippen LogP contribution in [-0.2, 0) is 16.4 Å². The summed E-state index contributed by atoms with van der Waals surface area (Å²) >= 11 is 0. The quantitative estimate of drug-likeness (QED) is 0.534. The predicted molar refractivity (Wildman–Crippen MR) is 83.0 cm³/mol. The Labute approximate surface area is 126 Å². The normalized spacial score (nSPS) is 13.1. The molecule has 1 aromatic rings. The lowest BCUT2D eigenvalue weighted by molar-refractivity contribution is 0.106. The van der Waals surface area contributed by atoms with Crippen LogP contribution < -0.4 is 14.8 Å². The van der Waals surface area contributed by atoms with E-state index in [1.165, 1.54) is 5.56 Å². The molecule has 0 spiro atoms. The molecule has 1 atom stereocenters. The Morgan fingerprint density at radius 3 is 2.76 bits per heavy atom. The topological polar surface area (TPSA) is 87.7 Å². The molecule has 0 bridgehead atoms. The van der Waals surface area contributed by atoms with Gasteiger partial charge in [0.15, 0.2) is 0 Å². The molecule has 120 valence electrons. The van der Waals surface area contributed by atoms with E-state index in [1.807, 2.05) is 24.3 Å². The fourth-order valence-corrected chi connectivity index (χ4v) is 2.17. The number of aliphatic hydroxyl groups is 1. The number of rotatable bonds is 10. The van der Waals surface area contributed by atoms with Crippen LogP contribution in [0.15, 0.2) is 24.3 Å². The summed E-state index contributed by atoms with van der Waals surface area (Å²) < 4.78 is 29.5. The molecule has 3 N–H and O–H groups in total. The molecule has 1 aromatic carbocycles. The number of ether oxygens (including phenoxy) is 1. The minimum Gasteiger partial charge on any atom is -0.491 e. The van der Waals surface area contributed by atoms with Gasteiger partial charge in [-0.3, -0.25) is 0 Å². The maximum absolute atomic E-state index is 10.8. The molecule has 7 heteroatoms. The molecule has 0 amide bonds. The number of benzene rings is 1. The van der Waals surface area contributed by atoms with E-state index in [2.05, 4.69) is 17.0 Å². The lowest BCUT2D eigenvalue weighted by Crippen LogP contribution is -2.36. The summed E-state index contributed by atoms with van der Waals surface area (Å²) in [7, 11) is -3.15. The zero-order chi connectivity index (χ0) is 15.7. The molecule has 0 heterocycles. The van der Waals surface area contributed by atoms with Crippen LogP contribution in [0.4, 0.5) is 0 Å². The molecule has 0 aliphatic heterocycles. The molecule has 21 heavy (non-hydrogen) atoms. The molecule has 6 nitrogen and oxygen atoms in total. The van der Waals surface area contributed by atoms with Crippen molar-refractivity contribution in [2.45, 2.75) is 19.4 Å². The SMILES string of the molecule is CCc1cccc(OCC(O)CNCCNS(C)(=O)=O)c1. The second kappa shape index (κ2) is 8.99. The van der Waals surface area contributed by atoms with Crippen molar-refractivity contribution in [3.05, 3.63) is 29.8 Å². The van der Waals surface area contributed by atoms with Crippen molar-refractivity contribution in [2.75, 3.05) is 32.5 Å². The minimum atomic E-state index is -3.15. The Balaban J connectivity index is 2.17. The summed E-state index contributed by atoms with van der Waals surface area (Å²) in [5, 5.41) is 12.7. The van der Waals surface area contributed by atoms with E-state index < -0.39 is 16.1 Å². The lowest BCUT2D eigenvalue weighted by atomic mass is 10.2. The standard InChI is InChI=1S/C14H24N2O4S/c1-3-12-5-4-6-14(9-12)20-11-13(17)10-15-7-8-16-21(2,18)19/h4-6,9,13,15-17H,3,7-8,10-11H2,1-2H3. The summed E-state index contributed by atoms with van der Waals surface area (Å²) in [6.07, 6.45) is 1.41. The van der Waals surface area contributed by atoms with Gasteiger partial charge in [-0.1, -0.05) is 19.1 Å². The van der Waals surface area contributed by atoms with Gasteiger partial charge < -0.3 is 15.2 Å². The van der Waals surface area contributed by atoms with E-state index in [4.69, 9.17) is 4.74 Å². The third kappa shape index (κ3) is 8.67. The highest BCUT2D eigenvalue weighted by atomic mass is 32.2. The van der Waals surface area contributed by atoms with Gasteiger partial charge in [0.05, 0.1) is 6.26 Å². The molecule has 0 fully saturated rings. The largest absolute Gasteiger partial charge is 0.491 e. The average Bonchev–Trinajstić information content (AvgIpc) is 2.44. The summed E-state index contributed by atoms with van der Waals surface area (Å²) in [6, 6.07) is 7.76. The summed E-state index contributed by atoms with van der Waals surface area (Å²) in [6.45, 7) is 3.36. The third-order valence-electron chi connectivity index (χ3n) is 2.80. The first-order valence-corrected chi connectivity index (χ1v) is 8.85. The number of aryl methyl sites for hydroxylation is 1. The molecule has 1 unspecified atom stereocenters. The van der Waals surface area contributed by atoms with Gasteiger partial charge in [-0.05, 0) is 24.1 Å². The first-order chi connectivity index (χ1) is 9.90. The molecular formula is C14H24N2O4S. The van der Waals surface area contributed by atoms with Crippen LogP contribution >= 0.6 is 0 Å². The van der Waals surface area contributed by atoms with Gasteiger partial charge >= 0.3 is 0 Å². The second-order valence-electron chi connectivity index (χ2n) is 4.84. The fraction of sp³-hybridized carbons (Fsp3) is 0.571. The molecule has 0 saturated carbocycles. The number of nitrogens with one attached hydrogen (secondary N) is 2. The first kappa shape index (κ1) is 17.9. The summed E-state index contributed by atoms with van der Waals surface area (Å²) in [5.74, 6) is 0.743. The molecular weight excluding hydrogens is 292 g/mol. The molecule has 0 aliphatic rings. The van der Waals surface area contributed by atoms with Gasteiger partial charge in [-0.2, -0.15) is 0 Å². The van der Waals surface area contributed by atoms with Crippen molar-refractivity contribution in [2.24, 2.45) is 0 Å². The van der Waals surface area contributed by atoms with Crippen LogP contribution in [0.5, 0.6) is 5.75 Å². The van der Waals surface area contributed by atoms with Crippen molar-refractivity contribution in [3.8, 4) is 5.75 Å². The van der Waals surface area contributed by atoms with Crippen LogP contribution in [0.25, 0.3) is 0 Å². The van der Waals surface area contributed by atoms with Gasteiger partial charge in [-0.15, -0.1) is 0 Å². The zero-order valence-corrected chi connectivity index (χ0v) is 13.3. The lowest BCUT2D eigenvalue weighted by Gasteiger charge is -2.13. The molecule has 0 radical (unpaired) electrons. The third-order valence-corrected chi connectivity index (χ3v) is 3.52. The Kier molecular flexibility index (Phi) is 7.66. The van der Waals surface area contributed by atoms with Crippen LogP contribution in [-0.4, -0.2) is 52.1 Å². The minimum absolute atomic E-state index is 0.194. The van der Waals surface area contributed by atoms with Gasteiger partial charge in [0.25, 0.3) is 0 Å². The monoisotopic (exact) mass is 316 g/mol. The van der Waals surface area contributed by atoms with Gasteiger partial charge in [0, 0.05) is 19.6 Å². The van der Waals surface area contributed by atoms with Gasteiger partial charge in [0.2, 0.25) is 10.0 Å². The van der Waals surface area contributed by atoms with Crippen molar-refractivity contribution >= 4 is 10.0 Å². The Hall–Kier alpha value is -1.15. The molecule has 1 rings (SSSR count). The Morgan fingerprint density at radius 2 is 2.10 bits per heavy atom.